The van der Waals surface area contributed by atoms with Crippen LogP contribution in [0.3, 0.4) is 0 Å². The van der Waals surface area contributed by atoms with Crippen molar-refractivity contribution in [3.8, 4) is 0 Å². The fourth-order valence-corrected chi connectivity index (χ4v) is 0.667. The number of rotatable bonds is 3. The van der Waals surface area contributed by atoms with Gasteiger partial charge >= 0.3 is 5.97 Å². The van der Waals surface area contributed by atoms with Crippen molar-refractivity contribution < 1.29 is 23.9 Å². The number of ether oxygens (including phenoxy) is 1. The van der Waals surface area contributed by atoms with Gasteiger partial charge in [0.25, 0.3) is 0 Å². The van der Waals surface area contributed by atoms with Gasteiger partial charge in [0.2, 0.25) is 0 Å². The van der Waals surface area contributed by atoms with Crippen LogP contribution in [-0.2, 0) is 14.1 Å². The molecule has 0 aromatic heterocycles. The van der Waals surface area contributed by atoms with Crippen molar-refractivity contribution in [2.75, 3.05) is 0 Å². The molecule has 0 heterocycles. The van der Waals surface area contributed by atoms with Crippen LogP contribution in [0.25, 0.3) is 0 Å². The second kappa shape index (κ2) is 4.37. The Kier molecular flexibility index (Phi) is 4.40. The fraction of sp³-hybridized carbons (Fsp3) is 0.800. The molecular formula is C5H8BrO5P-2. The van der Waals surface area contributed by atoms with Crippen molar-refractivity contribution in [3.05, 3.63) is 0 Å². The summed E-state index contributed by atoms with van der Waals surface area (Å²) in [6.45, 7) is 2.49. The lowest BCUT2D eigenvalue weighted by Gasteiger charge is -2.35. The molecule has 2 atom stereocenters. The molecule has 0 saturated carbocycles. The Labute approximate surface area is 78.4 Å². The van der Waals surface area contributed by atoms with E-state index in [0.717, 1.165) is 6.92 Å². The highest BCUT2D eigenvalue weighted by Gasteiger charge is 2.16. The molecular weight excluding hydrogens is 251 g/mol. The molecule has 0 aliphatic heterocycles. The van der Waals surface area contributed by atoms with Crippen LogP contribution in [0.1, 0.15) is 13.8 Å². The molecule has 0 aliphatic carbocycles. The van der Waals surface area contributed by atoms with Crippen LogP contribution >= 0.6 is 23.5 Å². The highest BCUT2D eigenvalue weighted by molar-refractivity contribution is 9.10. The number of alkyl halides is 1. The Hall–Kier alpha value is 0.1000. The number of hydrogen-bond acceptors (Lipinski definition) is 5. The van der Waals surface area contributed by atoms with E-state index < -0.39 is 24.2 Å². The number of hydrogen-bond donors (Lipinski definition) is 0. The average molecular weight is 259 g/mol. The van der Waals surface area contributed by atoms with E-state index in [0.29, 0.717) is 0 Å². The zero-order valence-electron chi connectivity index (χ0n) is 6.52. The first-order valence-corrected chi connectivity index (χ1v) is 5.64. The molecule has 0 saturated heterocycles. The smallest absolute Gasteiger partial charge is 0.320 e. The summed E-state index contributed by atoms with van der Waals surface area (Å²) < 4.78 is 14.6. The van der Waals surface area contributed by atoms with Crippen molar-refractivity contribution in [3.63, 3.8) is 0 Å². The van der Waals surface area contributed by atoms with Gasteiger partial charge in [-0.05, 0) is 21.4 Å². The van der Waals surface area contributed by atoms with Crippen molar-refractivity contribution in [2.45, 2.75) is 24.5 Å². The molecule has 5 nitrogen and oxygen atoms in total. The summed E-state index contributed by atoms with van der Waals surface area (Å²) in [5.41, 5.74) is 0. The highest BCUT2D eigenvalue weighted by Crippen LogP contribution is 2.31. The predicted octanol–water partition coefficient (Wildman–Crippen LogP) is -0.427. The normalized spacial score (nSPS) is 16.8. The summed E-state index contributed by atoms with van der Waals surface area (Å²) in [6.07, 6.45) is 0. The first-order chi connectivity index (χ1) is 5.25. The number of carbonyl (C=O) groups excluding carboxylic acids is 1. The van der Waals surface area contributed by atoms with Gasteiger partial charge < -0.3 is 19.1 Å². The summed E-state index contributed by atoms with van der Waals surface area (Å²) in [7, 11) is -4.81. The molecule has 0 amide bonds. The maximum atomic E-state index is 10.7. The lowest BCUT2D eigenvalue weighted by Crippen LogP contribution is -2.29. The average Bonchev–Trinajstić information content (AvgIpc) is 1.85. The Morgan fingerprint density at radius 3 is 2.17 bits per heavy atom. The van der Waals surface area contributed by atoms with Crippen molar-refractivity contribution >= 4 is 29.5 Å². The monoisotopic (exact) mass is 258 g/mol. The zero-order valence-corrected chi connectivity index (χ0v) is 9.00. The Morgan fingerprint density at radius 1 is 1.50 bits per heavy atom. The number of halogens is 1. The summed E-state index contributed by atoms with van der Waals surface area (Å²) in [6, 6.07) is 0. The molecule has 0 radical (unpaired) electrons. The standard InChI is InChI=1S/C5H10BrO5P/c1-3(6)5(7)11-4(2)12(8,9)10/h3-4H,1-2H3,(H2,8,9,10)/p-2. The first kappa shape index (κ1) is 12.1. The van der Waals surface area contributed by atoms with Crippen molar-refractivity contribution in [1.29, 1.82) is 0 Å². The maximum Gasteiger partial charge on any atom is 0.320 e. The summed E-state index contributed by atoms with van der Waals surface area (Å²) in [5, 5.41) is 0. The SMILES string of the molecule is CC(Br)C(=O)OC(C)P(=O)([O-])[O-]. The predicted molar refractivity (Wildman–Crippen MR) is 41.5 cm³/mol. The van der Waals surface area contributed by atoms with Crippen LogP contribution in [-0.4, -0.2) is 16.6 Å². The highest BCUT2D eigenvalue weighted by atomic mass is 79.9. The van der Waals surface area contributed by atoms with Gasteiger partial charge in [0.05, 0.1) is 0 Å². The lowest BCUT2D eigenvalue weighted by atomic mass is 10.5. The molecule has 72 valence electrons. The summed E-state index contributed by atoms with van der Waals surface area (Å²) >= 11 is 2.87. The van der Waals surface area contributed by atoms with Gasteiger partial charge in [-0.25, -0.2) is 0 Å². The molecule has 0 bridgehead atoms. The molecule has 7 heteroatoms. The third kappa shape index (κ3) is 4.21. The molecule has 0 aliphatic rings. The molecule has 0 aromatic rings. The van der Waals surface area contributed by atoms with E-state index >= 15 is 0 Å². The lowest BCUT2D eigenvalue weighted by molar-refractivity contribution is -0.322. The van der Waals surface area contributed by atoms with E-state index in [9.17, 15) is 19.1 Å². The minimum Gasteiger partial charge on any atom is -0.808 e. The largest absolute Gasteiger partial charge is 0.808 e. The van der Waals surface area contributed by atoms with Crippen LogP contribution < -0.4 is 9.79 Å². The van der Waals surface area contributed by atoms with Gasteiger partial charge in [0, 0.05) is 0 Å². The summed E-state index contributed by atoms with van der Waals surface area (Å²) in [4.78, 5) is 30.7. The quantitative estimate of drug-likeness (QED) is 0.390. The van der Waals surface area contributed by atoms with Crippen molar-refractivity contribution in [2.24, 2.45) is 0 Å². The number of carbonyl (C=O) groups is 1. The van der Waals surface area contributed by atoms with Crippen LogP contribution in [0.2, 0.25) is 0 Å². The molecule has 0 N–H and O–H groups in total. The summed E-state index contributed by atoms with van der Waals surface area (Å²) in [5.74, 6) is -2.38. The zero-order chi connectivity index (χ0) is 9.94. The Morgan fingerprint density at radius 2 is 1.92 bits per heavy atom. The van der Waals surface area contributed by atoms with Gasteiger partial charge in [0.15, 0.2) is 0 Å². The Bertz CT molecular complexity index is 210. The Balaban J connectivity index is 4.11. The third-order valence-corrected chi connectivity index (χ3v) is 2.43. The van der Waals surface area contributed by atoms with E-state index in [-0.39, 0.29) is 0 Å². The first-order valence-electron chi connectivity index (χ1n) is 3.11. The topological polar surface area (TPSA) is 89.5 Å². The van der Waals surface area contributed by atoms with E-state index in [2.05, 4.69) is 20.7 Å². The number of esters is 1. The van der Waals surface area contributed by atoms with Gasteiger partial charge in [-0.2, -0.15) is 0 Å². The van der Waals surface area contributed by atoms with E-state index in [1.807, 2.05) is 0 Å². The van der Waals surface area contributed by atoms with E-state index in [4.69, 9.17) is 0 Å². The van der Waals surface area contributed by atoms with Gasteiger partial charge in [-0.1, -0.05) is 15.9 Å². The minimum absolute atomic E-state index is 0.619. The second-order valence-corrected chi connectivity index (χ2v) is 5.37. The minimum atomic E-state index is -4.81. The van der Waals surface area contributed by atoms with Gasteiger partial charge in [0.1, 0.15) is 10.7 Å². The van der Waals surface area contributed by atoms with Gasteiger partial charge in [-0.3, -0.25) is 4.79 Å². The van der Waals surface area contributed by atoms with Crippen LogP contribution in [0, 0.1) is 0 Å². The van der Waals surface area contributed by atoms with E-state index in [1.54, 1.807) is 0 Å². The third-order valence-electron chi connectivity index (χ3n) is 1.06. The van der Waals surface area contributed by atoms with E-state index in [1.165, 1.54) is 6.92 Å². The van der Waals surface area contributed by atoms with Crippen LogP contribution in [0.5, 0.6) is 0 Å². The van der Waals surface area contributed by atoms with Crippen molar-refractivity contribution in [1.82, 2.24) is 0 Å². The molecule has 0 spiro atoms. The molecule has 12 heavy (non-hydrogen) atoms. The van der Waals surface area contributed by atoms with Gasteiger partial charge in [-0.15, -0.1) is 0 Å². The molecule has 0 aromatic carbocycles. The molecule has 0 fully saturated rings. The van der Waals surface area contributed by atoms with Crippen LogP contribution in [0.15, 0.2) is 0 Å². The second-order valence-electron chi connectivity index (χ2n) is 2.19. The van der Waals surface area contributed by atoms with Crippen LogP contribution in [0.4, 0.5) is 0 Å². The fourth-order valence-electron chi connectivity index (χ4n) is 0.326. The molecule has 0 rings (SSSR count). The maximum absolute atomic E-state index is 10.7. The molecule has 2 unspecified atom stereocenters.